The fourth-order valence-corrected chi connectivity index (χ4v) is 2.44. The van der Waals surface area contributed by atoms with Crippen LogP contribution in [-0.2, 0) is 23.2 Å². The second-order valence-electron chi connectivity index (χ2n) is 7.45. The van der Waals surface area contributed by atoms with E-state index in [-0.39, 0.29) is 17.2 Å². The van der Waals surface area contributed by atoms with Crippen LogP contribution in [0.2, 0.25) is 0 Å². The Kier molecular flexibility index (Phi) is 7.10. The minimum Gasteiger partial charge on any atom is -0.352 e. The largest absolute Gasteiger partial charge is 0.352 e. The highest BCUT2D eigenvalue weighted by atomic mass is 16.5. The van der Waals surface area contributed by atoms with Crippen LogP contribution in [0.1, 0.15) is 68.2 Å². The summed E-state index contributed by atoms with van der Waals surface area (Å²) >= 11 is 0. The van der Waals surface area contributed by atoms with E-state index in [0.717, 1.165) is 5.56 Å². The summed E-state index contributed by atoms with van der Waals surface area (Å²) in [6, 6.07) is 7.24. The molecule has 0 atom stereocenters. The molecule has 0 unspecified atom stereocenters. The Morgan fingerprint density at radius 3 is 2.63 bits per heavy atom. The molecule has 0 spiro atoms. The van der Waals surface area contributed by atoms with Crippen molar-refractivity contribution in [1.82, 2.24) is 20.8 Å². The summed E-state index contributed by atoms with van der Waals surface area (Å²) in [6.45, 7) is 8.92. The Balaban J connectivity index is 1.76. The molecular formula is C20H28N4O3. The number of amides is 2. The van der Waals surface area contributed by atoms with Gasteiger partial charge in [0, 0.05) is 36.9 Å². The number of hydrogen-bond acceptors (Lipinski definition) is 5. The molecule has 2 amide bonds. The maximum atomic E-state index is 12.0. The van der Waals surface area contributed by atoms with Gasteiger partial charge in [-0.05, 0) is 31.0 Å². The third-order valence-electron chi connectivity index (χ3n) is 3.95. The van der Waals surface area contributed by atoms with Crippen molar-refractivity contribution >= 4 is 11.8 Å². The van der Waals surface area contributed by atoms with Crippen LogP contribution < -0.4 is 10.6 Å². The van der Waals surface area contributed by atoms with Crippen LogP contribution in [0.4, 0.5) is 0 Å². The molecule has 0 fully saturated rings. The summed E-state index contributed by atoms with van der Waals surface area (Å²) in [5.41, 5.74) is 1.33. The summed E-state index contributed by atoms with van der Waals surface area (Å²) < 4.78 is 5.23. The first-order chi connectivity index (χ1) is 12.8. The average molecular weight is 372 g/mol. The lowest BCUT2D eigenvalue weighted by Gasteiger charge is -2.10. The standard InChI is InChI=1S/C20H28N4O3/c1-5-21-18(26)15-9-6-8-14(12-15)13-22-16(25)10-7-11-17-23-19(24-27-17)20(2,3)4/h6,8-9,12H,5,7,10-11,13H2,1-4H3,(H,21,26)(H,22,25). The van der Waals surface area contributed by atoms with E-state index >= 15 is 0 Å². The third-order valence-corrected chi connectivity index (χ3v) is 3.95. The number of nitrogens with zero attached hydrogens (tertiary/aromatic N) is 2. The van der Waals surface area contributed by atoms with Crippen LogP contribution in [0.15, 0.2) is 28.8 Å². The van der Waals surface area contributed by atoms with Gasteiger partial charge < -0.3 is 15.2 Å². The number of benzene rings is 1. The van der Waals surface area contributed by atoms with Crippen LogP contribution in [0, 0.1) is 0 Å². The predicted octanol–water partition coefficient (Wildman–Crippen LogP) is 2.76. The minimum atomic E-state index is -0.151. The summed E-state index contributed by atoms with van der Waals surface area (Å²) in [6.07, 6.45) is 1.59. The molecule has 27 heavy (non-hydrogen) atoms. The second kappa shape index (κ2) is 9.30. The van der Waals surface area contributed by atoms with E-state index in [9.17, 15) is 9.59 Å². The van der Waals surface area contributed by atoms with E-state index in [0.29, 0.717) is 49.6 Å². The maximum absolute atomic E-state index is 12.0. The van der Waals surface area contributed by atoms with Gasteiger partial charge in [0.2, 0.25) is 11.8 Å². The number of aryl methyl sites for hydroxylation is 1. The zero-order valence-electron chi connectivity index (χ0n) is 16.5. The molecule has 0 aliphatic rings. The van der Waals surface area contributed by atoms with Crippen molar-refractivity contribution in [3.63, 3.8) is 0 Å². The summed E-state index contributed by atoms with van der Waals surface area (Å²) in [5, 5.41) is 9.62. The number of carbonyl (C=O) groups is 2. The second-order valence-corrected chi connectivity index (χ2v) is 7.45. The molecule has 1 aromatic heterocycles. The van der Waals surface area contributed by atoms with Crippen LogP contribution in [0.3, 0.4) is 0 Å². The molecule has 1 aromatic carbocycles. The van der Waals surface area contributed by atoms with Crippen molar-refractivity contribution in [3.05, 3.63) is 47.1 Å². The normalized spacial score (nSPS) is 11.3. The Morgan fingerprint density at radius 1 is 1.19 bits per heavy atom. The molecule has 1 heterocycles. The van der Waals surface area contributed by atoms with Gasteiger partial charge in [0.15, 0.2) is 5.82 Å². The van der Waals surface area contributed by atoms with Crippen LogP contribution >= 0.6 is 0 Å². The van der Waals surface area contributed by atoms with E-state index in [1.807, 2.05) is 39.8 Å². The van der Waals surface area contributed by atoms with Crippen molar-refractivity contribution in [2.24, 2.45) is 0 Å². The van der Waals surface area contributed by atoms with Crippen molar-refractivity contribution in [2.45, 2.75) is 58.9 Å². The highest BCUT2D eigenvalue weighted by Gasteiger charge is 2.20. The molecule has 2 rings (SSSR count). The van der Waals surface area contributed by atoms with E-state index in [1.165, 1.54) is 0 Å². The number of nitrogens with one attached hydrogen (secondary N) is 2. The van der Waals surface area contributed by atoms with Crippen LogP contribution in [0.25, 0.3) is 0 Å². The number of rotatable bonds is 8. The van der Waals surface area contributed by atoms with Gasteiger partial charge in [-0.2, -0.15) is 4.98 Å². The van der Waals surface area contributed by atoms with Gasteiger partial charge in [-0.1, -0.05) is 38.1 Å². The van der Waals surface area contributed by atoms with Crippen LogP contribution in [0.5, 0.6) is 0 Å². The molecule has 2 N–H and O–H groups in total. The molecule has 0 aliphatic heterocycles. The van der Waals surface area contributed by atoms with Crippen molar-refractivity contribution in [1.29, 1.82) is 0 Å². The predicted molar refractivity (Wildman–Crippen MR) is 102 cm³/mol. The van der Waals surface area contributed by atoms with E-state index in [1.54, 1.807) is 12.1 Å². The Morgan fingerprint density at radius 2 is 1.96 bits per heavy atom. The summed E-state index contributed by atoms with van der Waals surface area (Å²) in [7, 11) is 0. The molecule has 146 valence electrons. The lowest BCUT2D eigenvalue weighted by atomic mass is 9.96. The molecule has 0 aliphatic carbocycles. The highest BCUT2D eigenvalue weighted by molar-refractivity contribution is 5.94. The van der Waals surface area contributed by atoms with Crippen molar-refractivity contribution in [2.75, 3.05) is 6.54 Å². The average Bonchev–Trinajstić information content (AvgIpc) is 3.10. The molecular weight excluding hydrogens is 344 g/mol. The summed E-state index contributed by atoms with van der Waals surface area (Å²) in [5.74, 6) is 1.07. The van der Waals surface area contributed by atoms with Gasteiger partial charge in [-0.3, -0.25) is 9.59 Å². The molecule has 7 nitrogen and oxygen atoms in total. The first-order valence-electron chi connectivity index (χ1n) is 9.26. The van der Waals surface area contributed by atoms with Gasteiger partial charge in [-0.15, -0.1) is 0 Å². The van der Waals surface area contributed by atoms with E-state index in [2.05, 4.69) is 20.8 Å². The van der Waals surface area contributed by atoms with Gasteiger partial charge in [0.1, 0.15) is 0 Å². The fourth-order valence-electron chi connectivity index (χ4n) is 2.44. The fraction of sp³-hybridized carbons (Fsp3) is 0.500. The quantitative estimate of drug-likeness (QED) is 0.743. The number of hydrogen-bond donors (Lipinski definition) is 2. The van der Waals surface area contributed by atoms with Gasteiger partial charge in [-0.25, -0.2) is 0 Å². The Bertz CT molecular complexity index is 778. The zero-order valence-corrected chi connectivity index (χ0v) is 16.5. The van der Waals surface area contributed by atoms with E-state index < -0.39 is 0 Å². The van der Waals surface area contributed by atoms with Crippen molar-refractivity contribution < 1.29 is 14.1 Å². The smallest absolute Gasteiger partial charge is 0.251 e. The van der Waals surface area contributed by atoms with Gasteiger partial charge in [0.25, 0.3) is 5.91 Å². The van der Waals surface area contributed by atoms with Gasteiger partial charge in [0.05, 0.1) is 0 Å². The topological polar surface area (TPSA) is 97.1 Å². The minimum absolute atomic E-state index is 0.0472. The van der Waals surface area contributed by atoms with Crippen molar-refractivity contribution in [3.8, 4) is 0 Å². The van der Waals surface area contributed by atoms with E-state index in [4.69, 9.17) is 4.52 Å². The number of carbonyl (C=O) groups excluding carboxylic acids is 2. The molecule has 0 bridgehead atoms. The first-order valence-corrected chi connectivity index (χ1v) is 9.26. The molecule has 0 saturated carbocycles. The molecule has 0 radical (unpaired) electrons. The molecule has 7 heteroatoms. The summed E-state index contributed by atoms with van der Waals surface area (Å²) in [4.78, 5) is 28.3. The maximum Gasteiger partial charge on any atom is 0.251 e. The third kappa shape index (κ3) is 6.51. The first kappa shape index (κ1) is 20.6. The molecule has 2 aromatic rings. The zero-order chi connectivity index (χ0) is 19.9. The molecule has 0 saturated heterocycles. The van der Waals surface area contributed by atoms with Crippen LogP contribution in [-0.4, -0.2) is 28.5 Å². The highest BCUT2D eigenvalue weighted by Crippen LogP contribution is 2.18. The monoisotopic (exact) mass is 372 g/mol. The Hall–Kier alpha value is -2.70. The lowest BCUT2D eigenvalue weighted by molar-refractivity contribution is -0.121. The SMILES string of the molecule is CCNC(=O)c1cccc(CNC(=O)CCCc2nc(C(C)(C)C)no2)c1. The lowest BCUT2D eigenvalue weighted by Crippen LogP contribution is -2.24. The number of aromatic nitrogens is 2. The van der Waals surface area contributed by atoms with Gasteiger partial charge >= 0.3 is 0 Å². The Labute approximate surface area is 159 Å².